The second-order valence-electron chi connectivity index (χ2n) is 3.50. The third kappa shape index (κ3) is 3.54. The molecule has 0 aliphatic heterocycles. The van der Waals surface area contributed by atoms with Crippen LogP contribution in [0, 0.1) is 0 Å². The molecule has 58 valence electrons. The first-order valence-electron chi connectivity index (χ1n) is 3.18. The Morgan fingerprint density at radius 2 is 1.67 bits per heavy atom. The maximum atomic E-state index is 3.76. The zero-order valence-electron chi connectivity index (χ0n) is 6.98. The van der Waals surface area contributed by atoms with Crippen LogP contribution in [0.5, 0.6) is 0 Å². The van der Waals surface area contributed by atoms with E-state index >= 15 is 0 Å². The van der Waals surface area contributed by atoms with E-state index in [-0.39, 0.29) is 0 Å². The van der Waals surface area contributed by atoms with Crippen molar-refractivity contribution < 1.29 is 0 Å². The second kappa shape index (κ2) is 2.48. The van der Waals surface area contributed by atoms with Gasteiger partial charge in [-0.3, -0.25) is 0 Å². The molecule has 0 atom stereocenters. The van der Waals surface area contributed by atoms with Gasteiger partial charge < -0.3 is 0 Å². The minimum atomic E-state index is -1.57. The van der Waals surface area contributed by atoms with Crippen LogP contribution in [-0.2, 0) is 0 Å². The summed E-state index contributed by atoms with van der Waals surface area (Å²) >= 11 is 3.76. The van der Waals surface area contributed by atoms with Gasteiger partial charge in [0.1, 0.15) is 0 Å². The van der Waals surface area contributed by atoms with Gasteiger partial charge in [-0.05, 0) is 0 Å². The molecule has 3 heteroatoms. The van der Waals surface area contributed by atoms with Crippen molar-refractivity contribution in [1.29, 1.82) is 0 Å². The Morgan fingerprint density at radius 1 is 1.33 bits per heavy atom. The molecule has 0 rings (SSSR count). The molecule has 1 nitrogen and oxygen atoms in total. The van der Waals surface area contributed by atoms with E-state index in [1.54, 1.807) is 0 Å². The van der Waals surface area contributed by atoms with Crippen LogP contribution in [0.15, 0.2) is 0 Å². The molecule has 0 saturated carbocycles. The van der Waals surface area contributed by atoms with Crippen LogP contribution in [0.1, 0.15) is 6.92 Å². The fourth-order valence-corrected chi connectivity index (χ4v) is 2.11. The molecule has 0 aliphatic rings. The van der Waals surface area contributed by atoms with E-state index in [0.29, 0.717) is 0 Å². The topological polar surface area (TPSA) is 3.24 Å². The first kappa shape index (κ1) is 9.87. The van der Waals surface area contributed by atoms with Crippen LogP contribution in [0.3, 0.4) is 0 Å². The summed E-state index contributed by atoms with van der Waals surface area (Å²) in [6, 6.07) is 0. The maximum absolute atomic E-state index is 3.76. The Morgan fingerprint density at radius 3 is 1.67 bits per heavy atom. The van der Waals surface area contributed by atoms with Gasteiger partial charge in [-0.25, -0.2) is 0 Å². The van der Waals surface area contributed by atoms with Gasteiger partial charge in [0, 0.05) is 0 Å². The SMILES string of the molecule is CCN(C)P(C)(C)(C)Br. The summed E-state index contributed by atoms with van der Waals surface area (Å²) in [7, 11) is 2.16. The van der Waals surface area contributed by atoms with E-state index in [2.05, 4.69) is 54.1 Å². The zero-order valence-corrected chi connectivity index (χ0v) is 9.46. The number of rotatable bonds is 2. The van der Waals surface area contributed by atoms with Crippen LogP contribution in [0.2, 0.25) is 0 Å². The zero-order chi connectivity index (χ0) is 7.73. The molecular formula is C6H17BrNP. The van der Waals surface area contributed by atoms with Crippen molar-refractivity contribution in [2.45, 2.75) is 6.92 Å². The summed E-state index contributed by atoms with van der Waals surface area (Å²) in [6.07, 6.45) is 0. The summed E-state index contributed by atoms with van der Waals surface area (Å²) in [4.78, 5) is 0. The molecule has 0 spiro atoms. The Hall–Kier alpha value is 0.870. The fourth-order valence-electron chi connectivity index (χ4n) is 0.478. The first-order chi connectivity index (χ1) is 3.74. The number of nitrogens with zero attached hydrogens (tertiary/aromatic N) is 1. The van der Waals surface area contributed by atoms with Gasteiger partial charge >= 0.3 is 66.1 Å². The first-order valence-corrected chi connectivity index (χ1v) is 8.73. The molecular weight excluding hydrogens is 197 g/mol. The van der Waals surface area contributed by atoms with Gasteiger partial charge in [-0.15, -0.1) is 0 Å². The second-order valence-corrected chi connectivity index (χ2v) is 16.6. The average Bonchev–Trinajstić information content (AvgIpc) is 1.60. The molecule has 0 aromatic heterocycles. The Labute approximate surface area is 66.5 Å². The van der Waals surface area contributed by atoms with Gasteiger partial charge in [0.25, 0.3) is 0 Å². The Kier molecular flexibility index (Phi) is 2.72. The molecule has 0 bridgehead atoms. The monoisotopic (exact) mass is 213 g/mol. The molecule has 0 fully saturated rings. The number of halogens is 1. The van der Waals surface area contributed by atoms with Crippen molar-refractivity contribution in [3.8, 4) is 0 Å². The minimum absolute atomic E-state index is 1.12. The van der Waals surface area contributed by atoms with Gasteiger partial charge in [0.05, 0.1) is 0 Å². The van der Waals surface area contributed by atoms with E-state index in [0.717, 1.165) is 6.54 Å². The van der Waals surface area contributed by atoms with Crippen LogP contribution >= 0.6 is 20.9 Å². The van der Waals surface area contributed by atoms with Crippen molar-refractivity contribution in [3.63, 3.8) is 0 Å². The molecule has 0 unspecified atom stereocenters. The molecule has 0 aromatic rings. The molecule has 0 aliphatic carbocycles. The van der Waals surface area contributed by atoms with Gasteiger partial charge in [-0.1, -0.05) is 0 Å². The molecule has 0 amide bonds. The van der Waals surface area contributed by atoms with E-state index in [1.807, 2.05) is 0 Å². The Bertz CT molecular complexity index is 96.1. The standard InChI is InChI=1S/C6H17BrNP/c1-6-8(2)9(3,4,5)7/h6H2,1-5H3. The van der Waals surface area contributed by atoms with Crippen LogP contribution < -0.4 is 0 Å². The molecule has 0 N–H and O–H groups in total. The number of hydrogen-bond donors (Lipinski definition) is 0. The fraction of sp³-hybridized carbons (Fsp3) is 1.00. The van der Waals surface area contributed by atoms with E-state index in [4.69, 9.17) is 0 Å². The third-order valence-electron chi connectivity index (χ3n) is 1.61. The summed E-state index contributed by atoms with van der Waals surface area (Å²) < 4.78 is 2.38. The van der Waals surface area contributed by atoms with Crippen LogP contribution in [-0.4, -0.2) is 38.3 Å². The van der Waals surface area contributed by atoms with E-state index in [1.165, 1.54) is 0 Å². The van der Waals surface area contributed by atoms with Gasteiger partial charge in [-0.2, -0.15) is 0 Å². The van der Waals surface area contributed by atoms with Crippen molar-refractivity contribution in [3.05, 3.63) is 0 Å². The molecule has 9 heavy (non-hydrogen) atoms. The third-order valence-corrected chi connectivity index (χ3v) is 5.82. The van der Waals surface area contributed by atoms with Gasteiger partial charge in [0.15, 0.2) is 0 Å². The van der Waals surface area contributed by atoms with Crippen LogP contribution in [0.25, 0.3) is 0 Å². The van der Waals surface area contributed by atoms with Crippen molar-refractivity contribution in [2.24, 2.45) is 0 Å². The molecule has 0 saturated heterocycles. The van der Waals surface area contributed by atoms with Gasteiger partial charge in [0.2, 0.25) is 0 Å². The summed E-state index contributed by atoms with van der Waals surface area (Å²) in [5.41, 5.74) is -1.57. The molecule has 0 aromatic carbocycles. The number of hydrogen-bond acceptors (Lipinski definition) is 1. The predicted octanol–water partition coefficient (Wildman–Crippen LogP) is 2.61. The Balaban J connectivity index is 4.16. The summed E-state index contributed by atoms with van der Waals surface area (Å²) in [5, 5.41) is 0. The normalized spacial score (nSPS) is 17.4. The summed E-state index contributed by atoms with van der Waals surface area (Å²) in [5.74, 6) is 0. The molecule has 0 heterocycles. The quantitative estimate of drug-likeness (QED) is 0.638. The predicted molar refractivity (Wildman–Crippen MR) is 51.9 cm³/mol. The summed E-state index contributed by atoms with van der Waals surface area (Å²) in [6.45, 7) is 10.2. The van der Waals surface area contributed by atoms with Crippen LogP contribution in [0.4, 0.5) is 0 Å². The molecule has 0 radical (unpaired) electrons. The van der Waals surface area contributed by atoms with Crippen molar-refractivity contribution in [1.82, 2.24) is 4.67 Å². The average molecular weight is 214 g/mol. The van der Waals surface area contributed by atoms with E-state index < -0.39 is 5.46 Å². The van der Waals surface area contributed by atoms with E-state index in [9.17, 15) is 0 Å². The van der Waals surface area contributed by atoms with Crippen molar-refractivity contribution in [2.75, 3.05) is 33.6 Å². The van der Waals surface area contributed by atoms with Crippen molar-refractivity contribution >= 4 is 20.9 Å².